The Morgan fingerprint density at radius 3 is 2.39 bits per heavy atom. The van der Waals surface area contributed by atoms with E-state index in [0.29, 0.717) is 23.2 Å². The van der Waals surface area contributed by atoms with E-state index in [1.807, 2.05) is 0 Å². The molecule has 1 spiro atoms. The molecule has 5 nitrogen and oxygen atoms in total. The zero-order valence-electron chi connectivity index (χ0n) is 23.1. The van der Waals surface area contributed by atoms with Crippen LogP contribution in [-0.4, -0.2) is 41.2 Å². The van der Waals surface area contributed by atoms with E-state index < -0.39 is 0 Å². The molecule has 3 saturated heterocycles. The summed E-state index contributed by atoms with van der Waals surface area (Å²) >= 11 is 0. The van der Waals surface area contributed by atoms with Crippen LogP contribution in [0, 0.1) is 35.0 Å². The summed E-state index contributed by atoms with van der Waals surface area (Å²) in [5.74, 6) is 3.24. The summed E-state index contributed by atoms with van der Waals surface area (Å²) in [4.78, 5) is 0. The molecule has 8 atom stereocenters. The van der Waals surface area contributed by atoms with Crippen LogP contribution in [0.5, 0.6) is 0 Å². The van der Waals surface area contributed by atoms with Crippen molar-refractivity contribution in [2.45, 2.75) is 145 Å². The highest BCUT2D eigenvalue weighted by molar-refractivity contribution is 5.18. The first-order valence-corrected chi connectivity index (χ1v) is 15.9. The van der Waals surface area contributed by atoms with Crippen molar-refractivity contribution in [1.29, 1.82) is 0 Å². The number of fused-ring (bicyclic) bond motifs is 3. The molecule has 206 valence electrons. The van der Waals surface area contributed by atoms with Crippen LogP contribution in [0.1, 0.15) is 122 Å². The maximum Gasteiger partial charge on any atom is 0.0736 e. The average molecular weight is 502 g/mol. The number of aliphatic hydroxyl groups excluding tert-OH is 1. The Balaban J connectivity index is 1.29. The van der Waals surface area contributed by atoms with Gasteiger partial charge in [-0.05, 0) is 132 Å². The van der Waals surface area contributed by atoms with Gasteiger partial charge in [-0.25, -0.2) is 0 Å². The first kappa shape index (κ1) is 26.0. The molecule has 3 heterocycles. The molecule has 4 aliphatic carbocycles. The Labute approximate surface area is 220 Å². The van der Waals surface area contributed by atoms with Gasteiger partial charge in [-0.15, -0.1) is 0 Å². The summed E-state index contributed by atoms with van der Waals surface area (Å²) in [5.41, 5.74) is 13.6. The van der Waals surface area contributed by atoms with Gasteiger partial charge in [-0.3, -0.25) is 0 Å². The number of hydrogen-bond acceptors (Lipinski definition) is 5. The van der Waals surface area contributed by atoms with Crippen LogP contribution in [0.3, 0.4) is 0 Å². The number of hydrogen-bond donors (Lipinski definition) is 4. The second kappa shape index (κ2) is 9.77. The molecular weight excluding hydrogens is 446 g/mol. The van der Waals surface area contributed by atoms with Crippen molar-refractivity contribution in [3.63, 3.8) is 0 Å². The van der Waals surface area contributed by atoms with Crippen LogP contribution in [0.4, 0.5) is 0 Å². The van der Waals surface area contributed by atoms with E-state index in [9.17, 15) is 5.11 Å². The van der Waals surface area contributed by atoms with Crippen LogP contribution < -0.4 is 16.8 Å². The third-order valence-electron chi connectivity index (χ3n) is 12.7. The smallest absolute Gasteiger partial charge is 0.0736 e. The summed E-state index contributed by atoms with van der Waals surface area (Å²) in [6.07, 6.45) is 23.2. The van der Waals surface area contributed by atoms with E-state index in [-0.39, 0.29) is 29.5 Å². The molecule has 6 N–H and O–H groups in total. The summed E-state index contributed by atoms with van der Waals surface area (Å²) in [7, 11) is 0. The molecule has 0 radical (unpaired) electrons. The molecule has 7 aliphatic rings. The fourth-order valence-electron chi connectivity index (χ4n) is 11.2. The van der Waals surface area contributed by atoms with Gasteiger partial charge in [0.05, 0.1) is 17.4 Å². The van der Waals surface area contributed by atoms with Gasteiger partial charge in [0.15, 0.2) is 0 Å². The third kappa shape index (κ3) is 4.51. The van der Waals surface area contributed by atoms with Crippen LogP contribution in [0.15, 0.2) is 0 Å². The lowest BCUT2D eigenvalue weighted by molar-refractivity contribution is -0.312. The lowest BCUT2D eigenvalue weighted by Crippen LogP contribution is -2.74. The van der Waals surface area contributed by atoms with E-state index in [1.165, 1.54) is 96.3 Å². The second-order valence-corrected chi connectivity index (χ2v) is 14.9. The second-order valence-electron chi connectivity index (χ2n) is 14.9. The Bertz CT molecular complexity index is 772. The number of piperidine rings is 1. The van der Waals surface area contributed by atoms with Gasteiger partial charge < -0.3 is 26.6 Å². The zero-order valence-corrected chi connectivity index (χ0v) is 23.1. The summed E-state index contributed by atoms with van der Waals surface area (Å²) in [6, 6.07) is 0. The van der Waals surface area contributed by atoms with Crippen molar-refractivity contribution in [3.05, 3.63) is 0 Å². The SMILES string of the molecule is C[C@@]1(C2CCCC2)O[C@@]2([C@H]3C[C@H](CC4CCC(N)NC4)CC4(CCCC4)C3)CC[C@H]1[C@](N)(CCO)C2. The predicted octanol–water partition coefficient (Wildman–Crippen LogP) is 5.24. The van der Waals surface area contributed by atoms with E-state index in [0.717, 1.165) is 37.6 Å². The summed E-state index contributed by atoms with van der Waals surface area (Å²) in [6.45, 7) is 3.75. The molecule has 0 aromatic heterocycles. The molecule has 2 unspecified atom stereocenters. The fraction of sp³-hybridized carbons (Fsp3) is 1.00. The van der Waals surface area contributed by atoms with Crippen LogP contribution in [0.25, 0.3) is 0 Å². The number of ether oxygens (including phenoxy) is 1. The van der Waals surface area contributed by atoms with Gasteiger partial charge in [0.2, 0.25) is 0 Å². The largest absolute Gasteiger partial charge is 0.396 e. The highest BCUT2D eigenvalue weighted by Gasteiger charge is 2.67. The molecule has 7 rings (SSSR count). The molecule has 36 heavy (non-hydrogen) atoms. The van der Waals surface area contributed by atoms with E-state index >= 15 is 0 Å². The standard InChI is InChI=1S/C31H55N3O2/c1-28(24-6-2-3-7-24)26-10-13-31(36-28,21-30(26,33)14-15-35)25-17-23(16-22-8-9-27(32)34-20-22)18-29(19-25)11-4-5-12-29/h22-27,34-35H,2-21,32-33H2,1H3/t22?,23-,25-,26+,27?,28-,30-,31-/m0/s1. The first-order valence-electron chi connectivity index (χ1n) is 15.9. The molecule has 5 heteroatoms. The molecule has 0 aromatic carbocycles. The first-order chi connectivity index (χ1) is 17.3. The number of nitrogens with two attached hydrogens (primary N) is 2. The van der Waals surface area contributed by atoms with Crippen molar-refractivity contribution in [1.82, 2.24) is 5.32 Å². The Kier molecular flexibility index (Phi) is 7.07. The minimum Gasteiger partial charge on any atom is -0.396 e. The van der Waals surface area contributed by atoms with E-state index in [1.54, 1.807) is 0 Å². The number of rotatable bonds is 6. The lowest BCUT2D eigenvalue weighted by Gasteiger charge is -2.68. The van der Waals surface area contributed by atoms with Gasteiger partial charge >= 0.3 is 0 Å². The van der Waals surface area contributed by atoms with Crippen LogP contribution >= 0.6 is 0 Å². The summed E-state index contributed by atoms with van der Waals surface area (Å²) < 4.78 is 7.59. The van der Waals surface area contributed by atoms with Gasteiger partial charge in [0, 0.05) is 18.1 Å². The number of aliphatic hydroxyl groups is 1. The van der Waals surface area contributed by atoms with Crippen molar-refractivity contribution in [2.75, 3.05) is 13.2 Å². The third-order valence-corrected chi connectivity index (χ3v) is 12.7. The maximum atomic E-state index is 10.1. The van der Waals surface area contributed by atoms with Crippen molar-refractivity contribution in [3.8, 4) is 0 Å². The van der Waals surface area contributed by atoms with Crippen molar-refractivity contribution >= 4 is 0 Å². The van der Waals surface area contributed by atoms with Gasteiger partial charge in [-0.1, -0.05) is 25.7 Å². The minimum atomic E-state index is -0.276. The monoisotopic (exact) mass is 501 g/mol. The van der Waals surface area contributed by atoms with Crippen LogP contribution in [0.2, 0.25) is 0 Å². The molecule has 3 aliphatic heterocycles. The Morgan fingerprint density at radius 1 is 0.917 bits per heavy atom. The molecule has 0 amide bonds. The molecule has 7 fully saturated rings. The highest BCUT2D eigenvalue weighted by Crippen LogP contribution is 2.65. The quantitative estimate of drug-likeness (QED) is 0.400. The van der Waals surface area contributed by atoms with Gasteiger partial charge in [-0.2, -0.15) is 0 Å². The predicted molar refractivity (Wildman–Crippen MR) is 145 cm³/mol. The highest BCUT2D eigenvalue weighted by atomic mass is 16.5. The van der Waals surface area contributed by atoms with Gasteiger partial charge in [0.25, 0.3) is 0 Å². The summed E-state index contributed by atoms with van der Waals surface area (Å²) in [5, 5.41) is 13.7. The molecule has 2 bridgehead atoms. The normalized spacial score (nSPS) is 49.2. The Morgan fingerprint density at radius 2 is 1.69 bits per heavy atom. The number of nitrogens with one attached hydrogen (secondary N) is 1. The zero-order chi connectivity index (χ0) is 25.0. The fourth-order valence-corrected chi connectivity index (χ4v) is 11.2. The van der Waals surface area contributed by atoms with E-state index in [2.05, 4.69) is 12.2 Å². The van der Waals surface area contributed by atoms with Crippen LogP contribution in [-0.2, 0) is 4.74 Å². The van der Waals surface area contributed by atoms with E-state index in [4.69, 9.17) is 16.2 Å². The average Bonchev–Trinajstić information content (AvgIpc) is 3.54. The van der Waals surface area contributed by atoms with Gasteiger partial charge in [0.1, 0.15) is 0 Å². The molecule has 0 aromatic rings. The minimum absolute atomic E-state index is 0.0859. The maximum absolute atomic E-state index is 10.1. The van der Waals surface area contributed by atoms with Crippen molar-refractivity contribution < 1.29 is 9.84 Å². The lowest BCUT2D eigenvalue weighted by atomic mass is 9.49. The molecular formula is C31H55N3O2. The Hall–Kier alpha value is -0.200. The molecule has 4 saturated carbocycles. The topological polar surface area (TPSA) is 93.5 Å². The van der Waals surface area contributed by atoms with Crippen molar-refractivity contribution in [2.24, 2.45) is 46.5 Å².